The molecular weight excluding hydrogens is 204 g/mol. The van der Waals surface area contributed by atoms with Crippen LogP contribution in [0.1, 0.15) is 11.1 Å². The van der Waals surface area contributed by atoms with Gasteiger partial charge in [-0.2, -0.15) is 0 Å². The highest BCUT2D eigenvalue weighted by atomic mass is 79.9. The maximum absolute atomic E-state index is 8.99. The Balaban J connectivity index is 2.66. The van der Waals surface area contributed by atoms with Crippen LogP contribution >= 0.6 is 15.9 Å². The van der Waals surface area contributed by atoms with E-state index in [1.54, 1.807) is 0 Å². The van der Waals surface area contributed by atoms with E-state index in [4.69, 9.17) is 5.11 Å². The van der Waals surface area contributed by atoms with Crippen LogP contribution in [0.15, 0.2) is 24.3 Å². The molecule has 0 bridgehead atoms. The first-order valence-corrected chi connectivity index (χ1v) is 4.48. The average Bonchev–Trinajstić information content (AvgIpc) is 1.93. The molecule has 0 saturated carbocycles. The second-order valence-corrected chi connectivity index (χ2v) is 3.68. The Morgan fingerprint density at radius 3 is 2.36 bits per heavy atom. The predicted molar refractivity (Wildman–Crippen MR) is 49.8 cm³/mol. The fourth-order valence-electron chi connectivity index (χ4n) is 0.919. The summed E-state index contributed by atoms with van der Waals surface area (Å²) in [6, 6.07) is 8.15. The number of aryl methyl sites for hydroxylation is 1. The molecule has 1 unspecified atom stereocenters. The Bertz CT molecular complexity index is 216. The summed E-state index contributed by atoms with van der Waals surface area (Å²) in [6.07, 6.45) is 0.667. The van der Waals surface area contributed by atoms with Crippen LogP contribution < -0.4 is 0 Å². The third-order valence-electron chi connectivity index (χ3n) is 1.52. The van der Waals surface area contributed by atoms with Crippen LogP contribution in [0.25, 0.3) is 0 Å². The minimum Gasteiger partial charge on any atom is -0.382 e. The maximum Gasteiger partial charge on any atom is 0.113 e. The zero-order valence-corrected chi connectivity index (χ0v) is 8.01. The van der Waals surface area contributed by atoms with Crippen molar-refractivity contribution in [2.45, 2.75) is 18.4 Å². The molecule has 2 heteroatoms. The fraction of sp³-hybridized carbons (Fsp3) is 0.333. The van der Waals surface area contributed by atoms with Gasteiger partial charge in [0.1, 0.15) is 5.01 Å². The molecule has 0 heterocycles. The highest BCUT2D eigenvalue weighted by molar-refractivity contribution is 9.09. The average molecular weight is 215 g/mol. The zero-order chi connectivity index (χ0) is 8.27. The van der Waals surface area contributed by atoms with Crippen molar-refractivity contribution in [3.63, 3.8) is 0 Å². The highest BCUT2D eigenvalue weighted by Gasteiger charge is 1.98. The van der Waals surface area contributed by atoms with Gasteiger partial charge in [-0.05, 0) is 12.5 Å². The van der Waals surface area contributed by atoms with Crippen LogP contribution in [-0.4, -0.2) is 10.1 Å². The van der Waals surface area contributed by atoms with Gasteiger partial charge in [-0.15, -0.1) is 0 Å². The van der Waals surface area contributed by atoms with Crippen LogP contribution in [0, 0.1) is 6.92 Å². The molecule has 1 rings (SSSR count). The van der Waals surface area contributed by atoms with E-state index in [1.807, 2.05) is 31.2 Å². The molecule has 0 spiro atoms. The molecule has 0 amide bonds. The largest absolute Gasteiger partial charge is 0.382 e. The topological polar surface area (TPSA) is 20.2 Å². The van der Waals surface area contributed by atoms with Gasteiger partial charge in [-0.3, -0.25) is 0 Å². The van der Waals surface area contributed by atoms with Gasteiger partial charge in [0.05, 0.1) is 0 Å². The summed E-state index contributed by atoms with van der Waals surface area (Å²) in [5.74, 6) is 0. The monoisotopic (exact) mass is 214 g/mol. The van der Waals surface area contributed by atoms with Crippen molar-refractivity contribution in [3.05, 3.63) is 35.4 Å². The summed E-state index contributed by atoms with van der Waals surface area (Å²) in [7, 11) is 0. The minimum atomic E-state index is -0.426. The van der Waals surface area contributed by atoms with Crippen molar-refractivity contribution in [1.29, 1.82) is 0 Å². The lowest BCUT2D eigenvalue weighted by molar-refractivity contribution is 0.271. The quantitative estimate of drug-likeness (QED) is 0.750. The summed E-state index contributed by atoms with van der Waals surface area (Å²) in [6.45, 7) is 2.05. The summed E-state index contributed by atoms with van der Waals surface area (Å²) in [5.41, 5.74) is 2.40. The lowest BCUT2D eigenvalue weighted by Gasteiger charge is -2.02. The van der Waals surface area contributed by atoms with E-state index in [1.165, 1.54) is 5.56 Å². The molecule has 11 heavy (non-hydrogen) atoms. The summed E-state index contributed by atoms with van der Waals surface area (Å²) in [5, 5.41) is 8.57. The third-order valence-corrected chi connectivity index (χ3v) is 1.85. The molecule has 0 aliphatic rings. The van der Waals surface area contributed by atoms with Gasteiger partial charge in [0.2, 0.25) is 0 Å². The van der Waals surface area contributed by atoms with Crippen molar-refractivity contribution in [2.24, 2.45) is 0 Å². The molecular formula is C9H11BrO. The molecule has 0 aromatic heterocycles. The van der Waals surface area contributed by atoms with Crippen LogP contribution in [0.2, 0.25) is 0 Å². The zero-order valence-electron chi connectivity index (χ0n) is 6.42. The molecule has 60 valence electrons. The Morgan fingerprint density at radius 1 is 1.36 bits per heavy atom. The Hall–Kier alpha value is -0.340. The summed E-state index contributed by atoms with van der Waals surface area (Å²) >= 11 is 3.09. The maximum atomic E-state index is 8.99. The Labute approximate surface area is 75.2 Å². The van der Waals surface area contributed by atoms with E-state index in [-0.39, 0.29) is 0 Å². The number of aliphatic hydroxyl groups is 1. The second kappa shape index (κ2) is 3.88. The molecule has 0 aliphatic carbocycles. The van der Waals surface area contributed by atoms with E-state index >= 15 is 0 Å². The molecule has 0 aliphatic heterocycles. The molecule has 1 aromatic rings. The number of hydrogen-bond donors (Lipinski definition) is 1. The van der Waals surface area contributed by atoms with Crippen LogP contribution in [-0.2, 0) is 6.42 Å². The summed E-state index contributed by atoms with van der Waals surface area (Å²) in [4.78, 5) is 0. The van der Waals surface area contributed by atoms with Crippen molar-refractivity contribution >= 4 is 15.9 Å². The van der Waals surface area contributed by atoms with E-state index in [0.717, 1.165) is 5.56 Å². The number of hydrogen-bond acceptors (Lipinski definition) is 1. The molecule has 1 N–H and O–H groups in total. The Kier molecular flexibility index (Phi) is 3.09. The predicted octanol–water partition coefficient (Wildman–Crippen LogP) is 2.25. The summed E-state index contributed by atoms with van der Waals surface area (Å²) < 4.78 is 0. The van der Waals surface area contributed by atoms with Crippen molar-refractivity contribution in [1.82, 2.24) is 0 Å². The molecule has 0 saturated heterocycles. The van der Waals surface area contributed by atoms with Crippen LogP contribution in [0.4, 0.5) is 0 Å². The third kappa shape index (κ3) is 3.04. The molecule has 1 nitrogen and oxygen atoms in total. The van der Waals surface area contributed by atoms with Gasteiger partial charge in [-0.25, -0.2) is 0 Å². The lowest BCUT2D eigenvalue weighted by Crippen LogP contribution is -1.99. The van der Waals surface area contributed by atoms with Crippen LogP contribution in [0.3, 0.4) is 0 Å². The minimum absolute atomic E-state index is 0.426. The number of aliphatic hydroxyl groups excluding tert-OH is 1. The molecule has 0 radical (unpaired) electrons. The number of rotatable bonds is 2. The van der Waals surface area contributed by atoms with Gasteiger partial charge in [0.25, 0.3) is 0 Å². The van der Waals surface area contributed by atoms with E-state index in [9.17, 15) is 0 Å². The van der Waals surface area contributed by atoms with E-state index < -0.39 is 5.01 Å². The van der Waals surface area contributed by atoms with Crippen molar-refractivity contribution < 1.29 is 5.11 Å². The normalized spacial score (nSPS) is 13.0. The highest BCUT2D eigenvalue weighted by Crippen LogP contribution is 2.08. The molecule has 1 aromatic carbocycles. The number of benzene rings is 1. The van der Waals surface area contributed by atoms with Gasteiger partial charge in [-0.1, -0.05) is 45.8 Å². The second-order valence-electron chi connectivity index (χ2n) is 2.62. The van der Waals surface area contributed by atoms with Gasteiger partial charge in [0.15, 0.2) is 0 Å². The number of alkyl halides is 1. The van der Waals surface area contributed by atoms with Crippen molar-refractivity contribution in [3.8, 4) is 0 Å². The smallest absolute Gasteiger partial charge is 0.113 e. The van der Waals surface area contributed by atoms with E-state index in [2.05, 4.69) is 15.9 Å². The first-order valence-electron chi connectivity index (χ1n) is 3.56. The molecule has 0 fully saturated rings. The van der Waals surface area contributed by atoms with Crippen LogP contribution in [0.5, 0.6) is 0 Å². The Morgan fingerprint density at radius 2 is 1.91 bits per heavy atom. The first-order chi connectivity index (χ1) is 5.18. The fourth-order valence-corrected chi connectivity index (χ4v) is 1.29. The van der Waals surface area contributed by atoms with Gasteiger partial charge in [0, 0.05) is 6.42 Å². The lowest BCUT2D eigenvalue weighted by atomic mass is 10.1. The molecule has 1 atom stereocenters. The first kappa shape index (κ1) is 8.75. The van der Waals surface area contributed by atoms with Gasteiger partial charge < -0.3 is 5.11 Å². The van der Waals surface area contributed by atoms with Gasteiger partial charge >= 0.3 is 0 Å². The standard InChI is InChI=1S/C9H11BrO/c1-7-2-4-8(5-3-7)6-9(10)11/h2-5,9,11H,6H2,1H3. The van der Waals surface area contributed by atoms with Crippen molar-refractivity contribution in [2.75, 3.05) is 0 Å². The SMILES string of the molecule is Cc1ccc(CC(O)Br)cc1. The van der Waals surface area contributed by atoms with E-state index in [0.29, 0.717) is 6.42 Å². The number of halogens is 1.